The van der Waals surface area contributed by atoms with Crippen molar-refractivity contribution in [2.24, 2.45) is 0 Å². The summed E-state index contributed by atoms with van der Waals surface area (Å²) in [5, 5.41) is 6.68. The molecule has 2 N–H and O–H groups in total. The van der Waals surface area contributed by atoms with Gasteiger partial charge >= 0.3 is 6.03 Å². The molecule has 1 aromatic carbocycles. The first-order valence-corrected chi connectivity index (χ1v) is 10.0. The average Bonchev–Trinajstić information content (AvgIpc) is 2.66. The van der Waals surface area contributed by atoms with Gasteiger partial charge in [-0.25, -0.2) is 9.78 Å². The van der Waals surface area contributed by atoms with E-state index in [9.17, 15) is 4.79 Å². The van der Waals surface area contributed by atoms with Crippen LogP contribution in [0.5, 0.6) is 5.88 Å². The number of ether oxygens (including phenoxy) is 1. The van der Waals surface area contributed by atoms with Crippen LogP contribution >= 0.6 is 11.6 Å². The van der Waals surface area contributed by atoms with Gasteiger partial charge in [0, 0.05) is 36.9 Å². The van der Waals surface area contributed by atoms with Gasteiger partial charge in [0.25, 0.3) is 0 Å². The third-order valence-corrected chi connectivity index (χ3v) is 4.86. The molecule has 6 nitrogen and oxygen atoms in total. The normalized spacial score (nSPS) is 15.4. The fraction of sp³-hybridized carbons (Fsp3) is 0.429. The van der Waals surface area contributed by atoms with Crippen molar-refractivity contribution in [2.45, 2.75) is 45.4 Å². The number of urea groups is 1. The summed E-state index contributed by atoms with van der Waals surface area (Å²) in [5.74, 6) is 0.436. The van der Waals surface area contributed by atoms with Crippen LogP contribution < -0.4 is 15.4 Å². The number of aromatic nitrogens is 1. The van der Waals surface area contributed by atoms with E-state index in [1.807, 2.05) is 26.0 Å². The molecule has 0 saturated carbocycles. The third kappa shape index (κ3) is 6.11. The summed E-state index contributed by atoms with van der Waals surface area (Å²) in [4.78, 5) is 19.0. The maximum atomic E-state index is 12.4. The fourth-order valence-electron chi connectivity index (χ4n) is 3.23. The fourth-order valence-corrected chi connectivity index (χ4v) is 3.36. The maximum absolute atomic E-state index is 12.4. The number of rotatable bonds is 6. The first kappa shape index (κ1) is 20.4. The van der Waals surface area contributed by atoms with Crippen LogP contribution in [-0.2, 0) is 6.54 Å². The summed E-state index contributed by atoms with van der Waals surface area (Å²) < 4.78 is 5.65. The molecule has 1 aromatic heterocycles. The van der Waals surface area contributed by atoms with E-state index >= 15 is 0 Å². The van der Waals surface area contributed by atoms with Crippen molar-refractivity contribution >= 4 is 23.3 Å². The van der Waals surface area contributed by atoms with Gasteiger partial charge in [-0.05, 0) is 56.5 Å². The largest absolute Gasteiger partial charge is 0.473 e. The van der Waals surface area contributed by atoms with Crippen molar-refractivity contribution in [3.05, 3.63) is 53.2 Å². The summed E-state index contributed by atoms with van der Waals surface area (Å²) >= 11 is 5.94. The molecule has 1 aliphatic heterocycles. The van der Waals surface area contributed by atoms with Crippen LogP contribution in [0.15, 0.2) is 42.6 Å². The van der Waals surface area contributed by atoms with Gasteiger partial charge in [0.15, 0.2) is 0 Å². The van der Waals surface area contributed by atoms with Gasteiger partial charge < -0.3 is 15.4 Å². The smallest absolute Gasteiger partial charge is 0.319 e. The van der Waals surface area contributed by atoms with Crippen LogP contribution in [0.2, 0.25) is 5.02 Å². The van der Waals surface area contributed by atoms with Crippen LogP contribution in [0.1, 0.15) is 32.3 Å². The van der Waals surface area contributed by atoms with E-state index in [0.717, 1.165) is 37.5 Å². The van der Waals surface area contributed by atoms with Crippen molar-refractivity contribution in [2.75, 3.05) is 18.4 Å². The number of amides is 2. The van der Waals surface area contributed by atoms with Crippen LogP contribution in [0.4, 0.5) is 10.5 Å². The summed E-state index contributed by atoms with van der Waals surface area (Å²) in [5.41, 5.74) is 1.83. The first-order valence-electron chi connectivity index (χ1n) is 9.65. The second-order valence-electron chi connectivity index (χ2n) is 7.30. The molecule has 2 aromatic rings. The zero-order valence-electron chi connectivity index (χ0n) is 16.3. The predicted octanol–water partition coefficient (Wildman–Crippen LogP) is 4.31. The number of nitrogens with zero attached hydrogens (tertiary/aromatic N) is 2. The standard InChI is InChI=1S/C21H27ClN4O2/c1-15(2)28-20-19(4-3-11-23-20)25-21(27)24-18-9-12-26(13-10-18)14-16-5-7-17(22)8-6-16/h3-8,11,15,18H,9-10,12-14H2,1-2H3,(H2,24,25,27). The molecule has 150 valence electrons. The Balaban J connectivity index is 1.46. The van der Waals surface area contributed by atoms with Crippen molar-refractivity contribution in [3.8, 4) is 5.88 Å². The Morgan fingerprint density at radius 1 is 1.25 bits per heavy atom. The lowest BCUT2D eigenvalue weighted by Gasteiger charge is -2.32. The second-order valence-corrected chi connectivity index (χ2v) is 7.73. The minimum atomic E-state index is -0.224. The quantitative estimate of drug-likeness (QED) is 0.755. The zero-order chi connectivity index (χ0) is 19.9. The van der Waals surface area contributed by atoms with Gasteiger partial charge in [-0.15, -0.1) is 0 Å². The number of piperidine rings is 1. The van der Waals surface area contributed by atoms with Gasteiger partial charge in [0.2, 0.25) is 5.88 Å². The van der Waals surface area contributed by atoms with Crippen molar-refractivity contribution < 1.29 is 9.53 Å². The Bertz CT molecular complexity index is 774. The van der Waals surface area contributed by atoms with Gasteiger partial charge in [-0.2, -0.15) is 0 Å². The van der Waals surface area contributed by atoms with Gasteiger partial charge in [0.05, 0.1) is 6.10 Å². The monoisotopic (exact) mass is 402 g/mol. The lowest BCUT2D eigenvalue weighted by atomic mass is 10.0. The SMILES string of the molecule is CC(C)Oc1ncccc1NC(=O)NC1CCN(Cc2ccc(Cl)cc2)CC1. The molecule has 0 aliphatic carbocycles. The van der Waals surface area contributed by atoms with E-state index in [4.69, 9.17) is 16.3 Å². The average molecular weight is 403 g/mol. The maximum Gasteiger partial charge on any atom is 0.319 e. The predicted molar refractivity (Wildman–Crippen MR) is 112 cm³/mol. The van der Waals surface area contributed by atoms with Crippen molar-refractivity contribution in [1.29, 1.82) is 0 Å². The Morgan fingerprint density at radius 2 is 1.96 bits per heavy atom. The van der Waals surface area contributed by atoms with E-state index in [1.54, 1.807) is 18.3 Å². The Hall–Kier alpha value is -2.31. The van der Waals surface area contributed by atoms with Crippen LogP contribution in [0, 0.1) is 0 Å². The second kappa shape index (κ2) is 9.75. The molecule has 1 fully saturated rings. The molecule has 2 heterocycles. The zero-order valence-corrected chi connectivity index (χ0v) is 17.1. The van der Waals surface area contributed by atoms with Crippen LogP contribution in [0.25, 0.3) is 0 Å². The van der Waals surface area contributed by atoms with Crippen LogP contribution in [0.3, 0.4) is 0 Å². The lowest BCUT2D eigenvalue weighted by molar-refractivity contribution is 0.189. The molecule has 28 heavy (non-hydrogen) atoms. The Kier molecular flexibility index (Phi) is 7.12. The molecule has 2 amide bonds. The highest BCUT2D eigenvalue weighted by Crippen LogP contribution is 2.22. The highest BCUT2D eigenvalue weighted by atomic mass is 35.5. The number of hydrogen-bond donors (Lipinski definition) is 2. The number of anilines is 1. The van der Waals surface area contributed by atoms with Gasteiger partial charge in [0.1, 0.15) is 5.69 Å². The highest BCUT2D eigenvalue weighted by Gasteiger charge is 2.21. The van der Waals surface area contributed by atoms with Crippen LogP contribution in [-0.4, -0.2) is 41.2 Å². The van der Waals surface area contributed by atoms with E-state index in [2.05, 4.69) is 32.7 Å². The molecule has 0 unspecified atom stereocenters. The molecule has 0 atom stereocenters. The number of benzene rings is 1. The van der Waals surface area contributed by atoms with E-state index < -0.39 is 0 Å². The third-order valence-electron chi connectivity index (χ3n) is 4.61. The highest BCUT2D eigenvalue weighted by molar-refractivity contribution is 6.30. The number of nitrogens with one attached hydrogen (secondary N) is 2. The summed E-state index contributed by atoms with van der Waals surface area (Å²) in [6.45, 7) is 6.65. The molecule has 1 saturated heterocycles. The molecular formula is C21H27ClN4O2. The summed E-state index contributed by atoms with van der Waals surface area (Å²) in [6, 6.07) is 11.5. The lowest BCUT2D eigenvalue weighted by Crippen LogP contribution is -2.45. The molecule has 1 aliphatic rings. The number of likely N-dealkylation sites (tertiary alicyclic amines) is 1. The minimum Gasteiger partial charge on any atom is -0.473 e. The molecule has 0 bridgehead atoms. The number of carbonyl (C=O) groups is 1. The molecule has 0 spiro atoms. The number of hydrogen-bond acceptors (Lipinski definition) is 4. The Morgan fingerprint density at radius 3 is 2.64 bits per heavy atom. The van der Waals surface area contributed by atoms with Crippen molar-refractivity contribution in [1.82, 2.24) is 15.2 Å². The van der Waals surface area contributed by atoms with Crippen molar-refractivity contribution in [3.63, 3.8) is 0 Å². The summed E-state index contributed by atoms with van der Waals surface area (Å²) in [7, 11) is 0. The first-order chi connectivity index (χ1) is 13.5. The number of pyridine rings is 1. The molecular weight excluding hydrogens is 376 g/mol. The van der Waals surface area contributed by atoms with E-state index in [-0.39, 0.29) is 18.2 Å². The molecule has 3 rings (SSSR count). The van der Waals surface area contributed by atoms with Gasteiger partial charge in [-0.1, -0.05) is 23.7 Å². The number of carbonyl (C=O) groups excluding carboxylic acids is 1. The molecule has 7 heteroatoms. The summed E-state index contributed by atoms with van der Waals surface area (Å²) in [6.07, 6.45) is 3.48. The minimum absolute atomic E-state index is 0.0107. The topological polar surface area (TPSA) is 66.5 Å². The Labute approximate surface area is 171 Å². The number of halogens is 1. The van der Waals surface area contributed by atoms with Gasteiger partial charge in [-0.3, -0.25) is 4.90 Å². The molecule has 0 radical (unpaired) electrons. The van der Waals surface area contributed by atoms with E-state index in [1.165, 1.54) is 5.56 Å². The van der Waals surface area contributed by atoms with E-state index in [0.29, 0.717) is 11.6 Å².